The molecule has 0 nitrogen and oxygen atoms in total. The van der Waals surface area contributed by atoms with Gasteiger partial charge in [0, 0.05) is 0 Å². The molecule has 2 unspecified atom stereocenters. The highest BCUT2D eigenvalue weighted by atomic mass is 14.6. The van der Waals surface area contributed by atoms with Crippen LogP contribution in [0.25, 0.3) is 0 Å². The van der Waals surface area contributed by atoms with Crippen LogP contribution >= 0.6 is 0 Å². The molecule has 0 saturated heterocycles. The van der Waals surface area contributed by atoms with Gasteiger partial charge in [-0.1, -0.05) is 85.8 Å². The molecule has 4 aliphatic carbocycles. The number of hydrogen-bond donors (Lipinski definition) is 0. The maximum absolute atomic E-state index is 2.80. The minimum atomic E-state index is 0.590. The van der Waals surface area contributed by atoms with Gasteiger partial charge in [-0.25, -0.2) is 0 Å². The lowest BCUT2D eigenvalue weighted by Gasteiger charge is -2.58. The van der Waals surface area contributed by atoms with Crippen molar-refractivity contribution in [3.63, 3.8) is 0 Å². The molecule has 0 aromatic heterocycles. The standard InChI is InChI=1S/C29H50/c1-19(2)20(3)10-11-22(5)25-14-15-26-23-12-13-24-21(4)9-8-17-28(24,6)27(23)16-18-29(25,26)7/h12,19-22,24-27H,8-11,13-18H2,1-7H3/t20-,21?,22+,24?,25+,26-,27-,28-,29+/m0/s1. The van der Waals surface area contributed by atoms with E-state index in [9.17, 15) is 0 Å². The summed E-state index contributed by atoms with van der Waals surface area (Å²) >= 11 is 0. The topological polar surface area (TPSA) is 0 Å². The van der Waals surface area contributed by atoms with Gasteiger partial charge in [0.1, 0.15) is 0 Å². The van der Waals surface area contributed by atoms with Crippen molar-refractivity contribution in [3.05, 3.63) is 11.6 Å². The van der Waals surface area contributed by atoms with Crippen LogP contribution in [0.1, 0.15) is 113 Å². The van der Waals surface area contributed by atoms with Crippen LogP contribution in [0, 0.1) is 58.2 Å². The van der Waals surface area contributed by atoms with E-state index in [1.54, 1.807) is 0 Å². The van der Waals surface area contributed by atoms with Gasteiger partial charge >= 0.3 is 0 Å². The lowest BCUT2D eigenvalue weighted by atomic mass is 9.46. The molecule has 0 amide bonds. The van der Waals surface area contributed by atoms with E-state index in [0.717, 1.165) is 47.3 Å². The molecule has 0 aliphatic heterocycles. The first-order chi connectivity index (χ1) is 13.7. The van der Waals surface area contributed by atoms with Crippen LogP contribution in [0.4, 0.5) is 0 Å². The molecule has 0 heterocycles. The Hall–Kier alpha value is -0.260. The van der Waals surface area contributed by atoms with E-state index in [4.69, 9.17) is 0 Å². The largest absolute Gasteiger partial charge is 0.0844 e. The lowest BCUT2D eigenvalue weighted by Crippen LogP contribution is -2.50. The SMILES string of the molecule is CC1CCC[C@@]2(C)C1CC=C1[C@@H]3CC[C@H]([C@H](C)CC[C@H](C)C(C)C)[C@@]3(C)CC[C@@H]12. The Labute approximate surface area is 182 Å². The van der Waals surface area contributed by atoms with Gasteiger partial charge < -0.3 is 0 Å². The van der Waals surface area contributed by atoms with E-state index in [2.05, 4.69) is 54.5 Å². The van der Waals surface area contributed by atoms with Crippen molar-refractivity contribution in [1.82, 2.24) is 0 Å². The van der Waals surface area contributed by atoms with Crippen LogP contribution < -0.4 is 0 Å². The van der Waals surface area contributed by atoms with Crippen LogP contribution in [0.3, 0.4) is 0 Å². The quantitative estimate of drug-likeness (QED) is 0.405. The Kier molecular flexibility index (Phi) is 6.07. The van der Waals surface area contributed by atoms with Crippen LogP contribution in [0.15, 0.2) is 11.6 Å². The molecule has 3 saturated carbocycles. The van der Waals surface area contributed by atoms with Gasteiger partial charge in [-0.3, -0.25) is 0 Å². The highest BCUT2D eigenvalue weighted by Gasteiger charge is 2.58. The second-order valence-electron chi connectivity index (χ2n) is 13.0. The average Bonchev–Trinajstić information content (AvgIpc) is 3.03. The molecule has 9 atom stereocenters. The van der Waals surface area contributed by atoms with E-state index < -0.39 is 0 Å². The summed E-state index contributed by atoms with van der Waals surface area (Å²) in [7, 11) is 0. The Morgan fingerprint density at radius 1 is 0.897 bits per heavy atom. The zero-order chi connectivity index (χ0) is 21.0. The minimum absolute atomic E-state index is 0.590. The number of rotatable bonds is 5. The third-order valence-corrected chi connectivity index (χ3v) is 11.4. The summed E-state index contributed by atoms with van der Waals surface area (Å²) in [6.45, 7) is 17.9. The van der Waals surface area contributed by atoms with E-state index in [1.807, 2.05) is 5.57 Å². The summed E-state index contributed by atoms with van der Waals surface area (Å²) in [5.41, 5.74) is 3.16. The second kappa shape index (κ2) is 8.02. The smallest absolute Gasteiger partial charge is 0.0143 e. The maximum Gasteiger partial charge on any atom is -0.0143 e. The molecule has 0 bridgehead atoms. The van der Waals surface area contributed by atoms with Crippen molar-refractivity contribution < 1.29 is 0 Å². The van der Waals surface area contributed by atoms with E-state index >= 15 is 0 Å². The van der Waals surface area contributed by atoms with Crippen LogP contribution in [0.2, 0.25) is 0 Å². The molecular weight excluding hydrogens is 348 g/mol. The fourth-order valence-electron chi connectivity index (χ4n) is 9.06. The molecule has 29 heavy (non-hydrogen) atoms. The number of allylic oxidation sites excluding steroid dienone is 2. The molecular formula is C29H50. The summed E-state index contributed by atoms with van der Waals surface area (Å²) in [6, 6.07) is 0. The van der Waals surface area contributed by atoms with Crippen LogP contribution in [-0.4, -0.2) is 0 Å². The highest BCUT2D eigenvalue weighted by Crippen LogP contribution is 2.67. The zero-order valence-corrected chi connectivity index (χ0v) is 20.8. The number of fused-ring (bicyclic) bond motifs is 5. The molecule has 4 rings (SSSR count). The summed E-state index contributed by atoms with van der Waals surface area (Å²) in [4.78, 5) is 0. The normalized spacial score (nSPS) is 46.5. The van der Waals surface area contributed by atoms with Gasteiger partial charge in [0.15, 0.2) is 0 Å². The molecule has 0 aromatic rings. The molecule has 0 aromatic carbocycles. The molecule has 0 radical (unpaired) electrons. The van der Waals surface area contributed by atoms with Crippen molar-refractivity contribution >= 4 is 0 Å². The molecule has 3 fully saturated rings. The summed E-state index contributed by atoms with van der Waals surface area (Å²) in [5, 5.41) is 0. The fourth-order valence-corrected chi connectivity index (χ4v) is 9.06. The van der Waals surface area contributed by atoms with Gasteiger partial charge in [0.25, 0.3) is 0 Å². The summed E-state index contributed by atoms with van der Waals surface area (Å²) in [6.07, 6.45) is 17.5. The van der Waals surface area contributed by atoms with Gasteiger partial charge in [-0.05, 0) is 96.7 Å². The fraction of sp³-hybridized carbons (Fsp3) is 0.931. The zero-order valence-electron chi connectivity index (χ0n) is 20.8. The Morgan fingerprint density at radius 2 is 1.62 bits per heavy atom. The highest BCUT2D eigenvalue weighted by molar-refractivity contribution is 5.27. The predicted octanol–water partition coefficient (Wildman–Crippen LogP) is 8.91. The second-order valence-corrected chi connectivity index (χ2v) is 13.0. The number of hydrogen-bond acceptors (Lipinski definition) is 0. The van der Waals surface area contributed by atoms with Gasteiger partial charge in [-0.15, -0.1) is 0 Å². The average molecular weight is 399 g/mol. The van der Waals surface area contributed by atoms with Crippen molar-refractivity contribution in [2.75, 3.05) is 0 Å². The van der Waals surface area contributed by atoms with E-state index in [-0.39, 0.29) is 0 Å². The predicted molar refractivity (Wildman–Crippen MR) is 127 cm³/mol. The van der Waals surface area contributed by atoms with Crippen molar-refractivity contribution in [2.24, 2.45) is 58.2 Å². The van der Waals surface area contributed by atoms with Gasteiger partial charge in [0.2, 0.25) is 0 Å². The van der Waals surface area contributed by atoms with Gasteiger partial charge in [0.05, 0.1) is 0 Å². The molecule has 0 spiro atoms. The first-order valence-corrected chi connectivity index (χ1v) is 13.4. The third kappa shape index (κ3) is 3.57. The third-order valence-electron chi connectivity index (χ3n) is 11.4. The molecule has 166 valence electrons. The Morgan fingerprint density at radius 3 is 2.34 bits per heavy atom. The minimum Gasteiger partial charge on any atom is -0.0844 e. The molecule has 0 N–H and O–H groups in total. The maximum atomic E-state index is 2.80. The Balaban J connectivity index is 1.51. The van der Waals surface area contributed by atoms with E-state index in [0.29, 0.717) is 10.8 Å². The van der Waals surface area contributed by atoms with Crippen LogP contribution in [-0.2, 0) is 0 Å². The first-order valence-electron chi connectivity index (χ1n) is 13.4. The molecule has 4 aliphatic rings. The van der Waals surface area contributed by atoms with E-state index in [1.165, 1.54) is 64.2 Å². The molecule has 0 heteroatoms. The first kappa shape index (κ1) is 22.0. The van der Waals surface area contributed by atoms with Crippen LogP contribution in [0.5, 0.6) is 0 Å². The Bertz CT molecular complexity index is 614. The van der Waals surface area contributed by atoms with Gasteiger partial charge in [-0.2, -0.15) is 0 Å². The van der Waals surface area contributed by atoms with Crippen molar-refractivity contribution in [1.29, 1.82) is 0 Å². The summed E-state index contributed by atoms with van der Waals surface area (Å²) in [5.74, 6) is 7.31. The monoisotopic (exact) mass is 398 g/mol. The van der Waals surface area contributed by atoms with Crippen molar-refractivity contribution in [2.45, 2.75) is 113 Å². The lowest BCUT2D eigenvalue weighted by molar-refractivity contribution is -0.0288. The van der Waals surface area contributed by atoms with Crippen molar-refractivity contribution in [3.8, 4) is 0 Å². The summed E-state index contributed by atoms with van der Waals surface area (Å²) < 4.78 is 0.